The topological polar surface area (TPSA) is 99.6 Å². The quantitative estimate of drug-likeness (QED) is 0.113. The molecule has 3 spiro atoms. The summed E-state index contributed by atoms with van der Waals surface area (Å²) in [5.74, 6) is -1.10. The van der Waals surface area contributed by atoms with E-state index in [2.05, 4.69) is 328 Å². The Kier molecular flexibility index (Phi) is 17.8. The van der Waals surface area contributed by atoms with Gasteiger partial charge in [0.2, 0.25) is 0 Å². The number of rotatable bonds is 12. The van der Waals surface area contributed by atoms with Crippen molar-refractivity contribution in [1.29, 1.82) is 0 Å². The molecule has 0 bridgehead atoms. The number of fused-ring (bicyclic) bond motifs is 30. The molecule has 3 aromatic heterocycles. The van der Waals surface area contributed by atoms with Crippen LogP contribution in [-0.2, 0) is 36.4 Å². The van der Waals surface area contributed by atoms with Crippen molar-refractivity contribution in [2.45, 2.75) is 16.2 Å². The smallest absolute Gasteiger partial charge is 0.311 e. The van der Waals surface area contributed by atoms with Crippen LogP contribution in [0, 0.1) is 18.2 Å². The summed E-state index contributed by atoms with van der Waals surface area (Å²) in [6, 6.07) is 145. The molecule has 3 heterocycles. The summed E-state index contributed by atoms with van der Waals surface area (Å²) in [5.41, 5.74) is 41.3. The average molecular weight is 1840 g/mol. The van der Waals surface area contributed by atoms with Crippen LogP contribution in [0.2, 0.25) is 0 Å². The van der Waals surface area contributed by atoms with E-state index in [1.54, 1.807) is 76.1 Å². The molecule has 6 aliphatic carbocycles. The van der Waals surface area contributed by atoms with Gasteiger partial charge in [-0.2, -0.15) is 0 Å². The second-order valence-corrected chi connectivity index (χ2v) is 34.4. The van der Waals surface area contributed by atoms with Gasteiger partial charge in [-0.15, -0.1) is 106 Å². The Morgan fingerprint density at radius 3 is 0.669 bits per heavy atom. The van der Waals surface area contributed by atoms with E-state index in [1.165, 1.54) is 148 Å². The van der Waals surface area contributed by atoms with E-state index >= 15 is 14.4 Å². The van der Waals surface area contributed by atoms with Crippen molar-refractivity contribution in [3.63, 3.8) is 0 Å². The van der Waals surface area contributed by atoms with Crippen LogP contribution in [-0.4, -0.2) is 53.8 Å². The van der Waals surface area contributed by atoms with E-state index in [-0.39, 0.29) is 37.8 Å². The zero-order valence-electron chi connectivity index (χ0n) is 70.8. The summed E-state index contributed by atoms with van der Waals surface area (Å²) < 4.78 is 0. The summed E-state index contributed by atoms with van der Waals surface area (Å²) in [5, 5.41) is 0. The van der Waals surface area contributed by atoms with Crippen LogP contribution >= 0.6 is 0 Å². The maximum absolute atomic E-state index is 15.2. The van der Waals surface area contributed by atoms with Crippen molar-refractivity contribution in [3.05, 3.63) is 502 Å². The van der Waals surface area contributed by atoms with Crippen LogP contribution in [0.15, 0.2) is 401 Å². The van der Waals surface area contributed by atoms with Crippen LogP contribution in [0.3, 0.4) is 0 Å². The Balaban J connectivity index is 0.00000936. The number of pyridine rings is 3. The first-order valence-electron chi connectivity index (χ1n) is 43.7. The molecule has 6 aliphatic rings. The monoisotopic (exact) mass is 1840 g/mol. The summed E-state index contributed by atoms with van der Waals surface area (Å²) in [6.45, 7) is 0. The van der Waals surface area contributed by atoms with Gasteiger partial charge in [-0.3, -0.25) is 14.4 Å². The fraction of sp³-hybridized carbons (Fsp3) is 0.0500. The minimum Gasteiger partial charge on any atom is -0.311 e. The summed E-state index contributed by atoms with van der Waals surface area (Å²) in [4.78, 5) is 65.2. The van der Waals surface area contributed by atoms with Crippen molar-refractivity contribution in [3.8, 4) is 134 Å². The predicted molar refractivity (Wildman–Crippen MR) is 515 cm³/mol. The van der Waals surface area contributed by atoms with Gasteiger partial charge in [-0.05, 0) is 185 Å². The molecule has 0 unspecified atom stereocenters. The summed E-state index contributed by atoms with van der Waals surface area (Å²) in [7, 11) is 5.07. The summed E-state index contributed by atoms with van der Waals surface area (Å²) in [6.07, 6.45) is 4.80. The van der Waals surface area contributed by atoms with Gasteiger partial charge in [0.15, 0.2) is 0 Å². The van der Waals surface area contributed by atoms with Crippen molar-refractivity contribution < 1.29 is 34.5 Å². The minimum absolute atomic E-state index is 0. The average Bonchev–Trinajstić information content (AvgIpc) is 1.52. The molecule has 0 radical (unpaired) electrons. The zero-order chi connectivity index (χ0) is 86.1. The molecule has 25 rings (SSSR count). The van der Waals surface area contributed by atoms with Gasteiger partial charge in [-0.25, -0.2) is 0 Å². The van der Waals surface area contributed by atoms with E-state index in [4.69, 9.17) is 15.0 Å². The molecular weight excluding hydrogens is 1770 g/mol. The molecule has 0 atom stereocenters. The molecule has 0 saturated heterocycles. The molecule has 10 heteroatoms. The van der Waals surface area contributed by atoms with E-state index < -0.39 is 16.2 Å². The van der Waals surface area contributed by atoms with Crippen LogP contribution in [0.4, 0.5) is 17.1 Å². The number of amides is 3. The van der Waals surface area contributed by atoms with Crippen molar-refractivity contribution in [2.24, 2.45) is 0 Å². The number of benzene rings is 16. The van der Waals surface area contributed by atoms with Crippen molar-refractivity contribution in [2.75, 3.05) is 35.8 Å². The third-order valence-corrected chi connectivity index (χ3v) is 28.2. The maximum atomic E-state index is 15.2. The summed E-state index contributed by atoms with van der Waals surface area (Å²) >= 11 is 0. The third kappa shape index (κ3) is 11.1. The first kappa shape index (κ1) is 77.6. The molecule has 0 saturated carbocycles. The van der Waals surface area contributed by atoms with Gasteiger partial charge >= 0.3 is 20.1 Å². The van der Waals surface area contributed by atoms with E-state index in [0.29, 0.717) is 50.8 Å². The SMILES string of the molecule is CN(C(=O)c1ccc(-c2[c-]ccc(-c3cccc4c3-c3ccccc3C43c4ccccc4-c4ccccc43)c2)nc1)c1cc(N(C)C(=O)c2ccc(-c3[c-]ccc(-c4cccc5c4-c4ccccc4C54c5ccccc5-c5ccccc54)c3)nc2)cc(N(C)C(=O)c2ccc(-c3[c-]ccc(-c4cccc5c4-c4ccccc4C54c5ccccc5-c5ccccc54)c3)nc2)c1.[Ir+3]. The molecule has 612 valence electrons. The largest absolute Gasteiger partial charge is 3.00 e. The Labute approximate surface area is 767 Å². The predicted octanol–water partition coefficient (Wildman–Crippen LogP) is 26.1. The molecule has 19 aromatic rings. The van der Waals surface area contributed by atoms with E-state index in [0.717, 1.165) is 50.1 Å². The van der Waals surface area contributed by atoms with Crippen molar-refractivity contribution >= 4 is 34.8 Å². The van der Waals surface area contributed by atoms with Crippen LogP contribution in [0.5, 0.6) is 0 Å². The number of nitrogens with zero attached hydrogens (tertiary/aromatic N) is 6. The van der Waals surface area contributed by atoms with Gasteiger partial charge in [0.1, 0.15) is 0 Å². The second kappa shape index (κ2) is 29.8. The van der Waals surface area contributed by atoms with Crippen LogP contribution < -0.4 is 14.7 Å². The number of aromatic nitrogens is 3. The standard InChI is InChI=1S/C120H75N6O3.Ir/c1-124(115(127)79-58-61-109(121-70-79)76-31-22-28-73(64-76)85-43-25-55-106-112(85)94-40-10-19-52-103(94)118(106)97-46-13-4-34-88(97)89-35-5-14-47-98(89)118)82-67-83(125(2)116(128)80-59-62-110(122-71-80)77-32-23-29-74(65-77)86-44-26-56-107-113(86)95-41-11-20-53-104(95)119(107)99-48-15-6-36-90(99)91-37-7-16-49-100(91)119)69-84(68-82)126(3)117(129)81-60-63-111(123-72-81)78-33-24-30-75(66-78)87-45-27-57-108-114(87)96-42-12-21-54-105(96)120(108)101-50-17-8-38-92(101)93-39-9-18-51-102(93)120;/h4-30,34-72H,1-3H3;/q-3;+3. The second-order valence-electron chi connectivity index (χ2n) is 34.4. The fourth-order valence-electron chi connectivity index (χ4n) is 22.6. The first-order chi connectivity index (χ1) is 63.5. The zero-order valence-corrected chi connectivity index (χ0v) is 73.2. The number of carbonyl (C=O) groups is 3. The third-order valence-electron chi connectivity index (χ3n) is 28.2. The Bertz CT molecular complexity index is 7140. The Morgan fingerprint density at radius 1 is 0.231 bits per heavy atom. The molecule has 130 heavy (non-hydrogen) atoms. The molecule has 16 aromatic carbocycles. The number of hydrogen-bond acceptors (Lipinski definition) is 6. The molecular formula is C120H75IrN6O3. The van der Waals surface area contributed by atoms with E-state index in [1.807, 2.05) is 36.4 Å². The van der Waals surface area contributed by atoms with Gasteiger partial charge in [0.25, 0.3) is 17.7 Å². The van der Waals surface area contributed by atoms with Crippen LogP contribution in [0.1, 0.15) is 97.8 Å². The number of hydrogen-bond donors (Lipinski definition) is 0. The van der Waals surface area contributed by atoms with Gasteiger partial charge in [0.05, 0.1) is 32.9 Å². The Hall–Kier alpha value is -16.0. The molecule has 0 N–H and O–H groups in total. The Morgan fingerprint density at radius 2 is 0.438 bits per heavy atom. The molecule has 0 aliphatic heterocycles. The molecule has 3 amide bonds. The van der Waals surface area contributed by atoms with E-state index in [9.17, 15) is 0 Å². The first-order valence-corrected chi connectivity index (χ1v) is 43.7. The maximum Gasteiger partial charge on any atom is 3.00 e. The molecule has 9 nitrogen and oxygen atoms in total. The number of carbonyl (C=O) groups excluding carboxylic acids is 3. The number of anilines is 3. The van der Waals surface area contributed by atoms with Gasteiger partial charge in [-0.1, -0.05) is 309 Å². The van der Waals surface area contributed by atoms with Gasteiger partial charge in [0, 0.05) is 56.8 Å². The normalized spacial score (nSPS) is 13.4. The van der Waals surface area contributed by atoms with Crippen molar-refractivity contribution in [1.82, 2.24) is 15.0 Å². The fourth-order valence-corrected chi connectivity index (χ4v) is 22.6. The molecule has 0 fully saturated rings. The van der Waals surface area contributed by atoms with Crippen LogP contribution in [0.25, 0.3) is 134 Å². The van der Waals surface area contributed by atoms with Gasteiger partial charge < -0.3 is 29.7 Å². The minimum atomic E-state index is -0.492.